The molecule has 0 bridgehead atoms. The number of ether oxygens (including phenoxy) is 1. The highest BCUT2D eigenvalue weighted by molar-refractivity contribution is 5.85. The van der Waals surface area contributed by atoms with Gasteiger partial charge in [0, 0.05) is 11.0 Å². The Bertz CT molecular complexity index is 361. The average Bonchev–Trinajstić information content (AvgIpc) is 2.31. The van der Waals surface area contributed by atoms with Gasteiger partial charge in [0.05, 0.1) is 6.61 Å². The van der Waals surface area contributed by atoms with E-state index in [-0.39, 0.29) is 12.4 Å². The Kier molecular flexibility index (Phi) is 3.41. The van der Waals surface area contributed by atoms with Gasteiger partial charge < -0.3 is 10.1 Å². The Morgan fingerprint density at radius 1 is 1.06 bits per heavy atom. The van der Waals surface area contributed by atoms with Gasteiger partial charge in [-0.3, -0.25) is 0 Å². The van der Waals surface area contributed by atoms with Crippen molar-refractivity contribution in [1.29, 1.82) is 0 Å². The maximum absolute atomic E-state index is 5.73. The number of nitrogens with one attached hydrogen (secondary N) is 1. The molecule has 3 rings (SSSR count). The molecule has 2 heterocycles. The van der Waals surface area contributed by atoms with E-state index in [4.69, 9.17) is 4.74 Å². The molecule has 0 radical (unpaired) electrons. The maximum Gasteiger partial charge on any atom is 0.123 e. The lowest BCUT2D eigenvalue weighted by atomic mass is 9.70. The molecule has 2 nitrogen and oxygen atoms in total. The summed E-state index contributed by atoms with van der Waals surface area (Å²) in [5, 5.41) is 3.45. The summed E-state index contributed by atoms with van der Waals surface area (Å²) in [7, 11) is 0. The molecule has 0 amide bonds. The summed E-state index contributed by atoms with van der Waals surface area (Å²) in [6.07, 6.45) is 3.70. The number of fused-ring (bicyclic) bond motifs is 2. The molecule has 0 unspecified atom stereocenters. The Hall–Kier alpha value is -0.730. The minimum absolute atomic E-state index is 0. The molecule has 88 valence electrons. The van der Waals surface area contributed by atoms with Crippen LogP contribution < -0.4 is 10.1 Å². The van der Waals surface area contributed by atoms with Gasteiger partial charge in [0.2, 0.25) is 0 Å². The second-order valence-corrected chi connectivity index (χ2v) is 4.62. The first-order valence-electron chi connectivity index (χ1n) is 5.84. The van der Waals surface area contributed by atoms with Gasteiger partial charge in [0.25, 0.3) is 0 Å². The molecule has 3 heteroatoms. The van der Waals surface area contributed by atoms with Gasteiger partial charge in [-0.05, 0) is 38.4 Å². The largest absolute Gasteiger partial charge is 0.493 e. The predicted molar refractivity (Wildman–Crippen MR) is 67.6 cm³/mol. The molecule has 0 aliphatic carbocycles. The number of halogens is 1. The van der Waals surface area contributed by atoms with Crippen molar-refractivity contribution < 1.29 is 4.74 Å². The fourth-order valence-electron chi connectivity index (χ4n) is 2.95. The SMILES string of the molecule is Cl.c1ccc2c(c1)OCCC21CCNCC1. The molecule has 2 aliphatic rings. The van der Waals surface area contributed by atoms with Gasteiger partial charge in [0.1, 0.15) is 5.75 Å². The van der Waals surface area contributed by atoms with Gasteiger partial charge in [-0.25, -0.2) is 0 Å². The monoisotopic (exact) mass is 239 g/mol. The minimum atomic E-state index is 0. The fraction of sp³-hybridized carbons (Fsp3) is 0.538. The van der Waals surface area contributed by atoms with Gasteiger partial charge in [-0.15, -0.1) is 12.4 Å². The van der Waals surface area contributed by atoms with E-state index in [1.165, 1.54) is 24.8 Å². The zero-order valence-electron chi connectivity index (χ0n) is 9.37. The smallest absolute Gasteiger partial charge is 0.123 e. The molecular weight excluding hydrogens is 222 g/mol. The van der Waals surface area contributed by atoms with E-state index in [0.717, 1.165) is 25.4 Å². The van der Waals surface area contributed by atoms with E-state index in [1.54, 1.807) is 0 Å². The molecular formula is C13H18ClNO. The third kappa shape index (κ3) is 1.80. The Morgan fingerprint density at radius 2 is 1.81 bits per heavy atom. The van der Waals surface area contributed by atoms with Crippen molar-refractivity contribution in [3.8, 4) is 5.75 Å². The minimum Gasteiger partial charge on any atom is -0.493 e. The van der Waals surface area contributed by atoms with Gasteiger partial charge in [-0.2, -0.15) is 0 Å². The predicted octanol–water partition coefficient (Wildman–Crippen LogP) is 2.51. The van der Waals surface area contributed by atoms with E-state index < -0.39 is 0 Å². The number of hydrogen-bond donors (Lipinski definition) is 1. The van der Waals surface area contributed by atoms with Crippen LogP contribution in [0.1, 0.15) is 24.8 Å². The molecule has 1 spiro atoms. The highest BCUT2D eigenvalue weighted by atomic mass is 35.5. The van der Waals surface area contributed by atoms with E-state index in [1.807, 2.05) is 0 Å². The maximum atomic E-state index is 5.73. The van der Waals surface area contributed by atoms with Gasteiger partial charge >= 0.3 is 0 Å². The van der Waals surface area contributed by atoms with Crippen LogP contribution in [0.25, 0.3) is 0 Å². The number of piperidine rings is 1. The zero-order chi connectivity index (χ0) is 10.1. The Balaban J connectivity index is 0.000000963. The highest BCUT2D eigenvalue weighted by Crippen LogP contribution is 2.44. The molecule has 0 aromatic heterocycles. The van der Waals surface area contributed by atoms with Crippen LogP contribution in [-0.4, -0.2) is 19.7 Å². The van der Waals surface area contributed by atoms with Gasteiger partial charge in [0.15, 0.2) is 0 Å². The second-order valence-electron chi connectivity index (χ2n) is 4.62. The van der Waals surface area contributed by atoms with Crippen molar-refractivity contribution in [2.45, 2.75) is 24.7 Å². The van der Waals surface area contributed by atoms with Crippen LogP contribution in [-0.2, 0) is 5.41 Å². The summed E-state index contributed by atoms with van der Waals surface area (Å²) >= 11 is 0. The molecule has 0 atom stereocenters. The van der Waals surface area contributed by atoms with Crippen LogP contribution in [0, 0.1) is 0 Å². The van der Waals surface area contributed by atoms with Crippen LogP contribution in [0.15, 0.2) is 24.3 Å². The summed E-state index contributed by atoms with van der Waals surface area (Å²) in [5.41, 5.74) is 1.85. The molecule has 16 heavy (non-hydrogen) atoms. The van der Waals surface area contributed by atoms with Crippen molar-refractivity contribution in [2.24, 2.45) is 0 Å². The van der Waals surface area contributed by atoms with E-state index in [2.05, 4.69) is 29.6 Å². The number of hydrogen-bond acceptors (Lipinski definition) is 2. The van der Waals surface area contributed by atoms with Crippen LogP contribution in [0.5, 0.6) is 5.75 Å². The number of benzene rings is 1. The normalized spacial score (nSPS) is 21.8. The van der Waals surface area contributed by atoms with E-state index in [9.17, 15) is 0 Å². The van der Waals surface area contributed by atoms with Crippen LogP contribution in [0.4, 0.5) is 0 Å². The first-order chi connectivity index (χ1) is 7.41. The average molecular weight is 240 g/mol. The third-order valence-electron chi connectivity index (χ3n) is 3.86. The molecule has 1 aromatic rings. The zero-order valence-corrected chi connectivity index (χ0v) is 10.2. The quantitative estimate of drug-likeness (QED) is 0.751. The van der Waals surface area contributed by atoms with Crippen molar-refractivity contribution in [2.75, 3.05) is 19.7 Å². The summed E-state index contributed by atoms with van der Waals surface area (Å²) in [6.45, 7) is 3.18. The summed E-state index contributed by atoms with van der Waals surface area (Å²) < 4.78 is 5.73. The molecule has 1 N–H and O–H groups in total. The van der Waals surface area contributed by atoms with E-state index in [0.29, 0.717) is 5.41 Å². The molecule has 1 saturated heterocycles. The molecule has 1 fully saturated rings. The molecule has 1 aromatic carbocycles. The first kappa shape index (κ1) is 11.7. The number of para-hydroxylation sites is 1. The fourth-order valence-corrected chi connectivity index (χ4v) is 2.95. The van der Waals surface area contributed by atoms with Gasteiger partial charge in [-0.1, -0.05) is 18.2 Å². The van der Waals surface area contributed by atoms with Crippen molar-refractivity contribution in [1.82, 2.24) is 5.32 Å². The second kappa shape index (κ2) is 4.64. The van der Waals surface area contributed by atoms with Crippen molar-refractivity contribution in [3.63, 3.8) is 0 Å². The lowest BCUT2D eigenvalue weighted by Gasteiger charge is -2.42. The highest BCUT2D eigenvalue weighted by Gasteiger charge is 2.38. The number of rotatable bonds is 0. The third-order valence-corrected chi connectivity index (χ3v) is 3.86. The van der Waals surface area contributed by atoms with Crippen LogP contribution >= 0.6 is 12.4 Å². The lowest BCUT2D eigenvalue weighted by Crippen LogP contribution is -2.42. The summed E-state index contributed by atoms with van der Waals surface area (Å²) in [6, 6.07) is 8.56. The van der Waals surface area contributed by atoms with E-state index >= 15 is 0 Å². The first-order valence-corrected chi connectivity index (χ1v) is 5.84. The standard InChI is InChI=1S/C13H17NO.ClH/c1-2-4-12-11(3-1)13(7-10-15-12)5-8-14-9-6-13;/h1-4,14H,5-10H2;1H. The van der Waals surface area contributed by atoms with Crippen molar-refractivity contribution >= 4 is 12.4 Å². The summed E-state index contributed by atoms with van der Waals surface area (Å²) in [5.74, 6) is 1.12. The Labute approximate surface area is 103 Å². The Morgan fingerprint density at radius 3 is 2.62 bits per heavy atom. The topological polar surface area (TPSA) is 21.3 Å². The van der Waals surface area contributed by atoms with Crippen molar-refractivity contribution in [3.05, 3.63) is 29.8 Å². The summed E-state index contributed by atoms with van der Waals surface area (Å²) in [4.78, 5) is 0. The van der Waals surface area contributed by atoms with Crippen LogP contribution in [0.2, 0.25) is 0 Å². The molecule has 0 saturated carbocycles. The lowest BCUT2D eigenvalue weighted by molar-refractivity contribution is 0.180. The van der Waals surface area contributed by atoms with Crippen LogP contribution in [0.3, 0.4) is 0 Å². The molecule has 2 aliphatic heterocycles.